The van der Waals surface area contributed by atoms with E-state index in [9.17, 15) is 31.2 Å². The van der Waals surface area contributed by atoms with Gasteiger partial charge >= 0.3 is 12.3 Å². The van der Waals surface area contributed by atoms with E-state index in [0.717, 1.165) is 22.5 Å². The Balaban J connectivity index is 2.03. The van der Waals surface area contributed by atoms with Crippen LogP contribution in [0.15, 0.2) is 47.4 Å². The molecule has 0 saturated heterocycles. The van der Waals surface area contributed by atoms with Crippen molar-refractivity contribution in [3.63, 3.8) is 0 Å². The largest absolute Gasteiger partial charge is 0.484 e. The van der Waals surface area contributed by atoms with Crippen molar-refractivity contribution in [2.24, 2.45) is 0 Å². The molecule has 196 valence electrons. The third-order valence-electron chi connectivity index (χ3n) is 4.86. The van der Waals surface area contributed by atoms with Crippen molar-refractivity contribution in [3.8, 4) is 5.75 Å². The molecule has 1 unspecified atom stereocenters. The molecule has 0 saturated carbocycles. The van der Waals surface area contributed by atoms with Gasteiger partial charge in [-0.2, -0.15) is 13.2 Å². The van der Waals surface area contributed by atoms with Gasteiger partial charge in [0, 0.05) is 12.6 Å². The van der Waals surface area contributed by atoms with Gasteiger partial charge in [-0.05, 0) is 57.2 Å². The van der Waals surface area contributed by atoms with Crippen LogP contribution in [-0.4, -0.2) is 45.2 Å². The van der Waals surface area contributed by atoms with Crippen LogP contribution in [0.25, 0.3) is 0 Å². The number of carbonyl (C=O) groups is 2. The molecule has 0 aromatic heterocycles. The van der Waals surface area contributed by atoms with Gasteiger partial charge in [-0.15, -0.1) is 0 Å². The Morgan fingerprint density at radius 3 is 2.44 bits per heavy atom. The molecule has 2 N–H and O–H groups in total. The molecule has 2 amide bonds. The van der Waals surface area contributed by atoms with Crippen molar-refractivity contribution in [2.45, 2.75) is 50.5 Å². The summed E-state index contributed by atoms with van der Waals surface area (Å²) in [5.41, 5.74) is -1.72. The third kappa shape index (κ3) is 6.59. The fraction of sp³-hybridized carbons (Fsp3) is 0.391. The molecule has 3 rings (SSSR count). The molecule has 0 aliphatic carbocycles. The number of anilines is 2. The number of carbonyl (C=O) groups excluding carboxylic acids is 2. The van der Waals surface area contributed by atoms with Gasteiger partial charge in [0.15, 0.2) is 0 Å². The zero-order chi connectivity index (χ0) is 26.9. The number of alkyl halides is 3. The van der Waals surface area contributed by atoms with Gasteiger partial charge in [-0.25, -0.2) is 13.2 Å². The minimum Gasteiger partial charge on any atom is -0.484 e. The van der Waals surface area contributed by atoms with E-state index in [1.165, 1.54) is 25.1 Å². The van der Waals surface area contributed by atoms with E-state index in [-0.39, 0.29) is 36.1 Å². The second-order valence-electron chi connectivity index (χ2n) is 9.05. The number of amides is 2. The number of nitrogens with zero attached hydrogens (tertiary/aromatic N) is 1. The lowest BCUT2D eigenvalue weighted by molar-refractivity contribution is -0.137. The number of ether oxygens (including phenoxy) is 2. The van der Waals surface area contributed by atoms with E-state index in [1.807, 2.05) is 0 Å². The van der Waals surface area contributed by atoms with Crippen LogP contribution in [0.1, 0.15) is 33.3 Å². The average molecular weight is 530 g/mol. The predicted octanol–water partition coefficient (Wildman–Crippen LogP) is 4.14. The van der Waals surface area contributed by atoms with Crippen LogP contribution in [0.4, 0.5) is 29.3 Å². The molecule has 13 heteroatoms. The molecule has 0 spiro atoms. The highest BCUT2D eigenvalue weighted by Gasteiger charge is 2.37. The minimum atomic E-state index is -4.74. The second-order valence-corrected chi connectivity index (χ2v) is 10.9. The van der Waals surface area contributed by atoms with Crippen LogP contribution in [0, 0.1) is 0 Å². The first kappa shape index (κ1) is 27.1. The Labute approximate surface area is 206 Å². The van der Waals surface area contributed by atoms with Crippen molar-refractivity contribution < 1.29 is 40.7 Å². The quantitative estimate of drug-likeness (QED) is 0.602. The third-order valence-corrected chi connectivity index (χ3v) is 6.64. The Morgan fingerprint density at radius 2 is 1.83 bits per heavy atom. The van der Waals surface area contributed by atoms with Crippen LogP contribution < -0.4 is 19.7 Å². The van der Waals surface area contributed by atoms with Crippen molar-refractivity contribution in [1.29, 1.82) is 0 Å². The smallest absolute Gasteiger partial charge is 0.416 e. The van der Waals surface area contributed by atoms with Gasteiger partial charge in [0.1, 0.15) is 17.5 Å². The van der Waals surface area contributed by atoms with Gasteiger partial charge in [0.25, 0.3) is 10.0 Å². The Bertz CT molecular complexity index is 1260. The van der Waals surface area contributed by atoms with E-state index in [4.69, 9.17) is 9.47 Å². The topological polar surface area (TPSA) is 114 Å². The number of halogens is 3. The van der Waals surface area contributed by atoms with Gasteiger partial charge < -0.3 is 14.8 Å². The van der Waals surface area contributed by atoms with Crippen LogP contribution in [0.3, 0.4) is 0 Å². The molecular weight excluding hydrogens is 503 g/mol. The summed E-state index contributed by atoms with van der Waals surface area (Å²) in [6.07, 6.45) is -6.35. The van der Waals surface area contributed by atoms with E-state index in [0.29, 0.717) is 6.07 Å². The minimum absolute atomic E-state index is 0.0000420. The lowest BCUT2D eigenvalue weighted by Gasteiger charge is -2.36. The van der Waals surface area contributed by atoms with E-state index < -0.39 is 44.5 Å². The van der Waals surface area contributed by atoms with E-state index in [2.05, 4.69) is 10.6 Å². The highest BCUT2D eigenvalue weighted by Crippen LogP contribution is 2.40. The van der Waals surface area contributed by atoms with Gasteiger partial charge in [-0.1, -0.05) is 6.07 Å². The zero-order valence-electron chi connectivity index (χ0n) is 20.0. The fourth-order valence-corrected chi connectivity index (χ4v) is 4.91. The Kier molecular flexibility index (Phi) is 7.44. The summed E-state index contributed by atoms with van der Waals surface area (Å²) < 4.78 is 78.7. The number of sulfonamides is 1. The summed E-state index contributed by atoms with van der Waals surface area (Å²) in [7, 11) is -4.51. The molecule has 0 bridgehead atoms. The molecule has 1 heterocycles. The number of rotatable bonds is 5. The second kappa shape index (κ2) is 9.88. The van der Waals surface area contributed by atoms with E-state index in [1.54, 1.807) is 20.8 Å². The van der Waals surface area contributed by atoms with E-state index >= 15 is 0 Å². The Hall–Kier alpha value is -3.48. The predicted molar refractivity (Wildman–Crippen MR) is 125 cm³/mol. The molecule has 2 aromatic carbocycles. The SMILES string of the molecule is CC(=O)NCC1CN(S(=O)(=O)c2cccc(C(F)(F)F)c2)c2cc(NC(=O)OC(C)(C)C)ccc2O1. The molecule has 1 aliphatic heterocycles. The van der Waals surface area contributed by atoms with Crippen LogP contribution >= 0.6 is 0 Å². The number of hydrogen-bond donors (Lipinski definition) is 2. The van der Waals surface area contributed by atoms with Crippen molar-refractivity contribution >= 4 is 33.4 Å². The molecule has 1 atom stereocenters. The van der Waals surface area contributed by atoms with Gasteiger partial charge in [0.2, 0.25) is 5.91 Å². The van der Waals surface area contributed by atoms with Crippen LogP contribution in [-0.2, 0) is 25.7 Å². The number of nitrogens with one attached hydrogen (secondary N) is 2. The van der Waals surface area contributed by atoms with Crippen LogP contribution in [0.2, 0.25) is 0 Å². The lowest BCUT2D eigenvalue weighted by Crippen LogP contribution is -2.48. The maximum atomic E-state index is 13.5. The summed E-state index contributed by atoms with van der Waals surface area (Å²) in [6, 6.07) is 7.58. The van der Waals surface area contributed by atoms with Crippen molar-refractivity contribution in [1.82, 2.24) is 5.32 Å². The highest BCUT2D eigenvalue weighted by molar-refractivity contribution is 7.92. The first-order valence-corrected chi connectivity index (χ1v) is 12.3. The molecule has 0 radical (unpaired) electrons. The molecule has 9 nitrogen and oxygen atoms in total. The maximum absolute atomic E-state index is 13.5. The molecule has 36 heavy (non-hydrogen) atoms. The summed E-state index contributed by atoms with van der Waals surface area (Å²) in [4.78, 5) is 23.0. The standard InChI is InChI=1S/C23H26F3N3O6S/c1-14(30)27-12-17-13-29(36(32,33)18-7-5-6-15(10-18)23(24,25)26)19-11-16(8-9-20(19)34-17)28-21(31)35-22(2,3)4/h5-11,17H,12-13H2,1-4H3,(H,27,30)(H,28,31). The Morgan fingerprint density at radius 1 is 1.14 bits per heavy atom. The first-order chi connectivity index (χ1) is 16.6. The average Bonchev–Trinajstić information content (AvgIpc) is 2.75. The number of benzene rings is 2. The summed E-state index contributed by atoms with van der Waals surface area (Å²) in [5.74, 6) is -0.268. The summed E-state index contributed by atoms with van der Waals surface area (Å²) in [6.45, 7) is 5.95. The number of hydrogen-bond acceptors (Lipinski definition) is 6. The molecule has 0 fully saturated rings. The molecule has 2 aromatic rings. The van der Waals surface area contributed by atoms with Gasteiger partial charge in [0.05, 0.1) is 29.2 Å². The number of fused-ring (bicyclic) bond motifs is 1. The molecule has 1 aliphatic rings. The zero-order valence-corrected chi connectivity index (χ0v) is 20.8. The summed E-state index contributed by atoms with van der Waals surface area (Å²) in [5, 5.41) is 5.03. The first-order valence-electron chi connectivity index (χ1n) is 10.8. The highest BCUT2D eigenvalue weighted by atomic mass is 32.2. The molecular formula is C23H26F3N3O6S. The monoisotopic (exact) mass is 529 g/mol. The summed E-state index contributed by atoms with van der Waals surface area (Å²) >= 11 is 0. The normalized spacial score (nSPS) is 16.0. The maximum Gasteiger partial charge on any atom is 0.416 e. The van der Waals surface area contributed by atoms with Crippen molar-refractivity contribution in [2.75, 3.05) is 22.7 Å². The van der Waals surface area contributed by atoms with Crippen LogP contribution in [0.5, 0.6) is 5.75 Å². The fourth-order valence-electron chi connectivity index (χ4n) is 3.36. The van der Waals surface area contributed by atoms with Crippen molar-refractivity contribution in [3.05, 3.63) is 48.0 Å². The lowest BCUT2D eigenvalue weighted by atomic mass is 10.2. The van der Waals surface area contributed by atoms with Gasteiger partial charge in [-0.3, -0.25) is 14.4 Å².